The highest BCUT2D eigenvalue weighted by Crippen LogP contribution is 2.37. The summed E-state index contributed by atoms with van der Waals surface area (Å²) >= 11 is 0. The van der Waals surface area contributed by atoms with Crippen molar-refractivity contribution in [3.63, 3.8) is 0 Å². The van der Waals surface area contributed by atoms with Gasteiger partial charge in [-0.15, -0.1) is 0 Å². The zero-order valence-electron chi connectivity index (χ0n) is 28.8. The molecule has 3 N–H and O–H groups in total. The smallest absolute Gasteiger partial charge is 0.366 e. The third kappa shape index (κ3) is 11.3. The van der Waals surface area contributed by atoms with E-state index in [1.54, 1.807) is 24.3 Å². The van der Waals surface area contributed by atoms with Gasteiger partial charge in [0.25, 0.3) is 5.91 Å². The lowest BCUT2D eigenvalue weighted by Gasteiger charge is -2.35. The molecule has 2 aliphatic rings. The Morgan fingerprint density at radius 1 is 1.04 bits per heavy atom. The second-order valence-corrected chi connectivity index (χ2v) is 12.4. The van der Waals surface area contributed by atoms with Gasteiger partial charge in [-0.3, -0.25) is 14.5 Å². The average molecular weight is 663 g/mol. The van der Waals surface area contributed by atoms with E-state index >= 15 is 0 Å². The molecule has 47 heavy (non-hydrogen) atoms. The third-order valence-electron chi connectivity index (χ3n) is 8.44. The molecule has 2 fully saturated rings. The number of hydrogen-bond donors (Lipinski definition) is 3. The quantitative estimate of drug-likeness (QED) is 0.245. The van der Waals surface area contributed by atoms with Gasteiger partial charge in [-0.2, -0.15) is 18.2 Å². The second-order valence-electron chi connectivity index (χ2n) is 12.4. The number of rotatable bonds is 13. The van der Waals surface area contributed by atoms with Gasteiger partial charge >= 0.3 is 6.18 Å². The van der Waals surface area contributed by atoms with Crippen molar-refractivity contribution in [2.24, 2.45) is 5.92 Å². The summed E-state index contributed by atoms with van der Waals surface area (Å²) < 4.78 is 41.6. The van der Waals surface area contributed by atoms with Crippen LogP contribution in [0.25, 0.3) is 0 Å². The Hall–Kier alpha value is -3.45. The number of alkyl halides is 3. The molecule has 1 aliphatic carbocycles. The lowest BCUT2D eigenvalue weighted by Crippen LogP contribution is -2.50. The molecule has 1 aromatic heterocycles. The Bertz CT molecular complexity index is 1270. The second kappa shape index (κ2) is 18.2. The SMILES string of the molecule is CC.CCCCN(C)CCN1CCN(C(=O)c2ccc(Nc3ncc(C(F)(F)F)c(NC4CCCC4C(=O)NC(C)C)n3)cc2)CC1. The van der Waals surface area contributed by atoms with E-state index in [2.05, 4.69) is 49.7 Å². The number of nitrogens with zero attached hydrogens (tertiary/aromatic N) is 5. The van der Waals surface area contributed by atoms with Gasteiger partial charge < -0.3 is 25.8 Å². The largest absolute Gasteiger partial charge is 0.421 e. The number of likely N-dealkylation sites (N-methyl/N-ethyl adjacent to an activating group) is 1. The van der Waals surface area contributed by atoms with Crippen LogP contribution in [0.15, 0.2) is 30.5 Å². The van der Waals surface area contributed by atoms with Crippen molar-refractivity contribution in [2.75, 3.05) is 63.5 Å². The highest BCUT2D eigenvalue weighted by atomic mass is 19.4. The van der Waals surface area contributed by atoms with Crippen molar-refractivity contribution in [2.45, 2.75) is 85.0 Å². The van der Waals surface area contributed by atoms with Gasteiger partial charge in [-0.1, -0.05) is 33.6 Å². The fourth-order valence-electron chi connectivity index (χ4n) is 5.81. The number of halogens is 3. The maximum Gasteiger partial charge on any atom is 0.421 e. The number of unbranched alkanes of at least 4 members (excludes halogenated alkanes) is 1. The van der Waals surface area contributed by atoms with Crippen LogP contribution in [0.3, 0.4) is 0 Å². The van der Waals surface area contributed by atoms with Crippen molar-refractivity contribution >= 4 is 29.3 Å². The number of anilines is 3. The Labute approximate surface area is 277 Å². The first kappa shape index (κ1) is 38.0. The molecule has 1 aliphatic heterocycles. The van der Waals surface area contributed by atoms with E-state index in [1.165, 1.54) is 12.8 Å². The molecule has 1 aromatic carbocycles. The molecule has 10 nitrogen and oxygen atoms in total. The predicted molar refractivity (Wildman–Crippen MR) is 181 cm³/mol. The highest BCUT2D eigenvalue weighted by molar-refractivity contribution is 5.94. The predicted octanol–water partition coefficient (Wildman–Crippen LogP) is 5.86. The zero-order chi connectivity index (χ0) is 34.6. The molecule has 0 bridgehead atoms. The van der Waals surface area contributed by atoms with Crippen molar-refractivity contribution in [3.8, 4) is 0 Å². The van der Waals surface area contributed by atoms with Gasteiger partial charge in [0, 0.05) is 68.8 Å². The summed E-state index contributed by atoms with van der Waals surface area (Å²) in [6.45, 7) is 16.0. The van der Waals surface area contributed by atoms with Crippen molar-refractivity contribution in [3.05, 3.63) is 41.6 Å². The van der Waals surface area contributed by atoms with E-state index in [-0.39, 0.29) is 29.6 Å². The molecular formula is C34H53F3N8O2. The zero-order valence-corrected chi connectivity index (χ0v) is 28.8. The van der Waals surface area contributed by atoms with Gasteiger partial charge in [-0.05, 0) is 71.0 Å². The summed E-state index contributed by atoms with van der Waals surface area (Å²) in [5.74, 6) is -1.07. The number of benzene rings is 1. The molecule has 2 atom stereocenters. The maximum absolute atomic E-state index is 13.9. The summed E-state index contributed by atoms with van der Waals surface area (Å²) in [5.41, 5.74) is 0.0767. The number of carbonyl (C=O) groups is 2. The summed E-state index contributed by atoms with van der Waals surface area (Å²) in [4.78, 5) is 40.5. The van der Waals surface area contributed by atoms with E-state index < -0.39 is 23.7 Å². The van der Waals surface area contributed by atoms with Crippen molar-refractivity contribution in [1.82, 2.24) is 30.0 Å². The molecule has 1 saturated heterocycles. The average Bonchev–Trinajstić information content (AvgIpc) is 3.51. The van der Waals surface area contributed by atoms with Gasteiger partial charge in [0.1, 0.15) is 11.4 Å². The lowest BCUT2D eigenvalue weighted by molar-refractivity contribution is -0.137. The topological polar surface area (TPSA) is 106 Å². The van der Waals surface area contributed by atoms with E-state index in [1.807, 2.05) is 32.6 Å². The molecular weight excluding hydrogens is 609 g/mol. The fourth-order valence-corrected chi connectivity index (χ4v) is 5.81. The van der Waals surface area contributed by atoms with Crippen LogP contribution in [0.5, 0.6) is 0 Å². The van der Waals surface area contributed by atoms with Crippen LogP contribution in [0, 0.1) is 5.92 Å². The summed E-state index contributed by atoms with van der Waals surface area (Å²) in [6, 6.07) is 6.22. The highest BCUT2D eigenvalue weighted by Gasteiger charge is 2.39. The Balaban J connectivity index is 0.00000294. The number of carbonyl (C=O) groups excluding carboxylic acids is 2. The molecule has 2 amide bonds. The number of amides is 2. The molecule has 2 aromatic rings. The Morgan fingerprint density at radius 2 is 1.72 bits per heavy atom. The van der Waals surface area contributed by atoms with Crippen LogP contribution >= 0.6 is 0 Å². The fraction of sp³-hybridized carbons (Fsp3) is 0.647. The molecule has 262 valence electrons. The van der Waals surface area contributed by atoms with Crippen LogP contribution in [-0.4, -0.2) is 101 Å². The van der Waals surface area contributed by atoms with E-state index in [0.29, 0.717) is 37.2 Å². The molecule has 0 radical (unpaired) electrons. The van der Waals surface area contributed by atoms with Crippen molar-refractivity contribution in [1.29, 1.82) is 0 Å². The van der Waals surface area contributed by atoms with Crippen LogP contribution in [0.1, 0.15) is 82.6 Å². The maximum atomic E-state index is 13.9. The minimum Gasteiger partial charge on any atom is -0.366 e. The van der Waals surface area contributed by atoms with E-state index in [4.69, 9.17) is 0 Å². The first-order chi connectivity index (χ1) is 22.4. The van der Waals surface area contributed by atoms with Gasteiger partial charge in [0.2, 0.25) is 11.9 Å². The Kier molecular flexibility index (Phi) is 14.7. The van der Waals surface area contributed by atoms with Crippen LogP contribution in [0.4, 0.5) is 30.6 Å². The molecule has 2 heterocycles. The van der Waals surface area contributed by atoms with Crippen LogP contribution in [0.2, 0.25) is 0 Å². The molecule has 1 saturated carbocycles. The minimum atomic E-state index is -4.67. The molecule has 2 unspecified atom stereocenters. The van der Waals surface area contributed by atoms with Crippen LogP contribution in [-0.2, 0) is 11.0 Å². The molecule has 4 rings (SSSR count). The standard InChI is InChI=1S/C32H47F3N8O2.C2H6/c1-5-6-14-41(4)15-16-42-17-19-43(20-18-42)30(45)23-10-12-24(13-11-23)38-31-36-21-26(32(33,34)35)28(40-31)39-27-9-7-8-25(27)29(44)37-22(2)3;1-2/h10-13,21-22,25,27H,5-9,14-20H2,1-4H3,(H,37,44)(H2,36,38,39,40);1-2H3. The van der Waals surface area contributed by atoms with Gasteiger partial charge in [-0.25, -0.2) is 4.98 Å². The van der Waals surface area contributed by atoms with Gasteiger partial charge in [0.05, 0.1) is 5.92 Å². The van der Waals surface area contributed by atoms with Crippen molar-refractivity contribution < 1.29 is 22.8 Å². The monoisotopic (exact) mass is 662 g/mol. The minimum absolute atomic E-state index is 0.0257. The molecule has 0 spiro atoms. The van der Waals surface area contributed by atoms with Gasteiger partial charge in [0.15, 0.2) is 0 Å². The van der Waals surface area contributed by atoms with Crippen LogP contribution < -0.4 is 16.0 Å². The number of aromatic nitrogens is 2. The summed E-state index contributed by atoms with van der Waals surface area (Å²) in [5, 5.41) is 8.72. The first-order valence-electron chi connectivity index (χ1n) is 17.0. The first-order valence-corrected chi connectivity index (χ1v) is 17.0. The summed E-state index contributed by atoms with van der Waals surface area (Å²) in [6.07, 6.45) is 0.328. The normalized spacial score (nSPS) is 18.6. The van der Waals surface area contributed by atoms with E-state index in [9.17, 15) is 22.8 Å². The lowest BCUT2D eigenvalue weighted by atomic mass is 10.0. The number of nitrogens with one attached hydrogen (secondary N) is 3. The van der Waals surface area contributed by atoms with E-state index in [0.717, 1.165) is 45.3 Å². The summed E-state index contributed by atoms with van der Waals surface area (Å²) in [7, 11) is 2.15. The Morgan fingerprint density at radius 3 is 2.34 bits per heavy atom. The number of hydrogen-bond acceptors (Lipinski definition) is 8. The number of piperazine rings is 1. The third-order valence-corrected chi connectivity index (χ3v) is 8.44. The molecule has 13 heteroatoms.